The number of aliphatic imine (C=N–C) groups is 1. The molecule has 0 saturated carbocycles. The first-order valence-electron chi connectivity index (χ1n) is 6.87. The van der Waals surface area contributed by atoms with Crippen LogP contribution in [0.15, 0.2) is 33.9 Å². The van der Waals surface area contributed by atoms with Gasteiger partial charge in [0.1, 0.15) is 5.82 Å². The van der Waals surface area contributed by atoms with E-state index in [4.69, 9.17) is 0 Å². The first kappa shape index (κ1) is 16.9. The lowest BCUT2D eigenvalue weighted by Gasteiger charge is -2.11. The van der Waals surface area contributed by atoms with Crippen molar-refractivity contribution in [1.82, 2.24) is 15.6 Å². The van der Waals surface area contributed by atoms with E-state index < -0.39 is 0 Å². The lowest BCUT2D eigenvalue weighted by Crippen LogP contribution is -2.37. The monoisotopic (exact) mass is 384 g/mol. The molecule has 0 aliphatic carbocycles. The summed E-state index contributed by atoms with van der Waals surface area (Å²) >= 11 is 4.99. The van der Waals surface area contributed by atoms with Gasteiger partial charge in [-0.25, -0.2) is 9.37 Å². The number of guanidine groups is 1. The van der Waals surface area contributed by atoms with E-state index in [0.29, 0.717) is 12.5 Å². The third-order valence-corrected chi connectivity index (χ3v) is 4.34. The molecule has 2 N–H and O–H groups in total. The predicted octanol–water partition coefficient (Wildman–Crippen LogP) is 3.26. The third-order valence-electron chi connectivity index (χ3n) is 2.91. The normalized spacial score (nSPS) is 11.5. The van der Waals surface area contributed by atoms with E-state index in [0.717, 1.165) is 28.0 Å². The topological polar surface area (TPSA) is 49.3 Å². The minimum atomic E-state index is -0.256. The lowest BCUT2D eigenvalue weighted by atomic mass is 10.2. The Kier molecular flexibility index (Phi) is 6.33. The summed E-state index contributed by atoms with van der Waals surface area (Å²) in [6.45, 7) is 3.30. The molecule has 0 spiro atoms. The van der Waals surface area contributed by atoms with Crippen LogP contribution in [0.2, 0.25) is 0 Å². The fourth-order valence-electron chi connectivity index (χ4n) is 1.92. The average molecular weight is 385 g/mol. The first-order valence-corrected chi connectivity index (χ1v) is 8.48. The van der Waals surface area contributed by atoms with Crippen LogP contribution in [0.1, 0.15) is 15.4 Å². The molecule has 0 bridgehead atoms. The van der Waals surface area contributed by atoms with Crippen molar-refractivity contribution < 1.29 is 4.39 Å². The molecule has 0 saturated heterocycles. The molecule has 0 amide bonds. The number of benzene rings is 1. The van der Waals surface area contributed by atoms with Gasteiger partial charge in [-0.1, -0.05) is 15.9 Å². The summed E-state index contributed by atoms with van der Waals surface area (Å²) in [5, 5.41) is 7.50. The Hall–Kier alpha value is -1.47. The number of nitrogens with zero attached hydrogens (tertiary/aromatic N) is 2. The highest BCUT2D eigenvalue weighted by Crippen LogP contribution is 2.14. The Balaban J connectivity index is 1.79. The van der Waals surface area contributed by atoms with Crippen molar-refractivity contribution in [2.24, 2.45) is 4.99 Å². The first-order chi connectivity index (χ1) is 10.6. The Morgan fingerprint density at radius 1 is 1.36 bits per heavy atom. The van der Waals surface area contributed by atoms with Crippen molar-refractivity contribution in [3.63, 3.8) is 0 Å². The maximum absolute atomic E-state index is 13.3. The summed E-state index contributed by atoms with van der Waals surface area (Å²) in [6, 6.07) is 4.82. The van der Waals surface area contributed by atoms with E-state index in [9.17, 15) is 4.39 Å². The van der Waals surface area contributed by atoms with Crippen LogP contribution in [-0.2, 0) is 13.0 Å². The number of nitrogens with one attached hydrogen (secondary N) is 2. The van der Waals surface area contributed by atoms with E-state index in [1.54, 1.807) is 18.4 Å². The number of thiazole rings is 1. The van der Waals surface area contributed by atoms with Gasteiger partial charge >= 0.3 is 0 Å². The summed E-state index contributed by atoms with van der Waals surface area (Å²) in [5.41, 5.74) is 0.852. The Morgan fingerprint density at radius 2 is 2.18 bits per heavy atom. The van der Waals surface area contributed by atoms with Crippen LogP contribution >= 0.6 is 27.3 Å². The highest BCUT2D eigenvalue weighted by atomic mass is 79.9. The highest BCUT2D eigenvalue weighted by molar-refractivity contribution is 9.10. The number of hydrogen-bond donors (Lipinski definition) is 2. The molecule has 0 atom stereocenters. The molecule has 2 aromatic rings. The van der Waals surface area contributed by atoms with Crippen LogP contribution in [0, 0.1) is 12.7 Å². The molecule has 0 aliphatic rings. The largest absolute Gasteiger partial charge is 0.356 e. The van der Waals surface area contributed by atoms with Crippen molar-refractivity contribution in [2.75, 3.05) is 13.6 Å². The fraction of sp³-hybridized carbons (Fsp3) is 0.333. The maximum Gasteiger partial charge on any atom is 0.191 e. The Morgan fingerprint density at radius 3 is 2.82 bits per heavy atom. The third kappa shape index (κ3) is 5.38. The minimum absolute atomic E-state index is 0.256. The average Bonchev–Trinajstić information content (AvgIpc) is 2.87. The Labute approximate surface area is 142 Å². The van der Waals surface area contributed by atoms with Crippen molar-refractivity contribution in [1.29, 1.82) is 0 Å². The second kappa shape index (κ2) is 8.24. The van der Waals surface area contributed by atoms with Crippen LogP contribution in [0.5, 0.6) is 0 Å². The van der Waals surface area contributed by atoms with Crippen LogP contribution in [0.4, 0.5) is 4.39 Å². The molecule has 2 rings (SSSR count). The fourth-order valence-corrected chi connectivity index (χ4v) is 3.22. The minimum Gasteiger partial charge on any atom is -0.356 e. The molecular formula is C15H18BrFN4S. The second-order valence-electron chi connectivity index (χ2n) is 4.74. The van der Waals surface area contributed by atoms with Crippen molar-refractivity contribution in [3.05, 3.63) is 50.1 Å². The smallest absolute Gasteiger partial charge is 0.191 e. The summed E-state index contributed by atoms with van der Waals surface area (Å²) < 4.78 is 14.0. The standard InChI is InChI=1S/C15H18BrFN4S/c1-10-8-20-14(22-10)3-4-19-15(18-2)21-9-11-5-12(16)7-13(17)6-11/h5-8H,3-4,9H2,1-2H3,(H2,18,19,21). The molecule has 0 unspecified atom stereocenters. The van der Waals surface area contributed by atoms with E-state index >= 15 is 0 Å². The van der Waals surface area contributed by atoms with Gasteiger partial charge in [0.15, 0.2) is 5.96 Å². The molecule has 7 heteroatoms. The van der Waals surface area contributed by atoms with Gasteiger partial charge in [0.25, 0.3) is 0 Å². The van der Waals surface area contributed by atoms with Crippen LogP contribution < -0.4 is 10.6 Å². The van der Waals surface area contributed by atoms with Crippen LogP contribution in [0.3, 0.4) is 0 Å². The molecule has 22 heavy (non-hydrogen) atoms. The summed E-state index contributed by atoms with van der Waals surface area (Å²) in [6.07, 6.45) is 2.74. The molecule has 0 fully saturated rings. The number of hydrogen-bond acceptors (Lipinski definition) is 3. The van der Waals surface area contributed by atoms with Gasteiger partial charge in [0.05, 0.1) is 5.01 Å². The number of halogens is 2. The van der Waals surface area contributed by atoms with Crippen LogP contribution in [0.25, 0.3) is 0 Å². The molecule has 1 aromatic heterocycles. The zero-order valence-corrected chi connectivity index (χ0v) is 14.9. The van der Waals surface area contributed by atoms with Crippen molar-refractivity contribution in [2.45, 2.75) is 19.9 Å². The van der Waals surface area contributed by atoms with Gasteiger partial charge in [0.2, 0.25) is 0 Å². The zero-order valence-electron chi connectivity index (χ0n) is 12.5. The van der Waals surface area contributed by atoms with E-state index in [1.807, 2.05) is 19.2 Å². The van der Waals surface area contributed by atoms with Crippen molar-refractivity contribution >= 4 is 33.2 Å². The van der Waals surface area contributed by atoms with Gasteiger partial charge in [-0.2, -0.15) is 0 Å². The maximum atomic E-state index is 13.3. The second-order valence-corrected chi connectivity index (χ2v) is 6.98. The predicted molar refractivity (Wildman–Crippen MR) is 92.9 cm³/mol. The van der Waals surface area contributed by atoms with Crippen LogP contribution in [-0.4, -0.2) is 24.5 Å². The van der Waals surface area contributed by atoms with E-state index in [-0.39, 0.29) is 5.82 Å². The quantitative estimate of drug-likeness (QED) is 0.614. The van der Waals surface area contributed by atoms with Gasteiger partial charge < -0.3 is 10.6 Å². The Bertz CT molecular complexity index is 636. The van der Waals surface area contributed by atoms with Gasteiger partial charge in [-0.3, -0.25) is 4.99 Å². The summed E-state index contributed by atoms with van der Waals surface area (Å²) in [4.78, 5) is 9.70. The highest BCUT2D eigenvalue weighted by Gasteiger charge is 2.03. The molecule has 1 aromatic carbocycles. The van der Waals surface area contributed by atoms with Gasteiger partial charge in [0, 0.05) is 42.1 Å². The molecule has 0 radical (unpaired) electrons. The lowest BCUT2D eigenvalue weighted by molar-refractivity contribution is 0.623. The molecule has 4 nitrogen and oxygen atoms in total. The molecule has 0 aliphatic heterocycles. The summed E-state index contributed by atoms with van der Waals surface area (Å²) in [5.74, 6) is 0.432. The van der Waals surface area contributed by atoms with Crippen molar-refractivity contribution in [3.8, 4) is 0 Å². The van der Waals surface area contributed by atoms with Gasteiger partial charge in [-0.15, -0.1) is 11.3 Å². The molecular weight excluding hydrogens is 367 g/mol. The number of aryl methyl sites for hydroxylation is 1. The molecule has 1 heterocycles. The zero-order chi connectivity index (χ0) is 15.9. The molecule has 118 valence electrons. The number of aromatic nitrogens is 1. The summed E-state index contributed by atoms with van der Waals surface area (Å²) in [7, 11) is 1.71. The SMILES string of the molecule is CN=C(NCCc1ncc(C)s1)NCc1cc(F)cc(Br)c1. The van der Waals surface area contributed by atoms with E-state index in [1.165, 1.54) is 17.0 Å². The number of rotatable bonds is 5. The van der Waals surface area contributed by atoms with Gasteiger partial charge in [-0.05, 0) is 30.7 Å². The van der Waals surface area contributed by atoms with E-state index in [2.05, 4.69) is 36.5 Å².